The zero-order valence-corrected chi connectivity index (χ0v) is 18.2. The summed E-state index contributed by atoms with van der Waals surface area (Å²) in [5.41, 5.74) is 0.535. The van der Waals surface area contributed by atoms with Gasteiger partial charge in [0.15, 0.2) is 19.7 Å². The van der Waals surface area contributed by atoms with Crippen molar-refractivity contribution < 1.29 is 30.7 Å². The molecule has 2 aromatic rings. The summed E-state index contributed by atoms with van der Waals surface area (Å²) in [6.07, 6.45) is -1.10. The molecule has 158 valence electrons. The van der Waals surface area contributed by atoms with Gasteiger partial charge in [0.1, 0.15) is 11.6 Å². The SMILES string of the molecule is O=S(=O)(CC(O)CNC1CCS(=O)(=O)c2ccc(Br)cc21)c1cc(F)cc(F)c1. The molecule has 2 N–H and O–H groups in total. The second-order valence-corrected chi connectivity index (χ2v) is 11.8. The van der Waals surface area contributed by atoms with Crippen LogP contribution in [0.1, 0.15) is 18.0 Å². The third kappa shape index (κ3) is 5.21. The average Bonchev–Trinajstić information content (AvgIpc) is 2.59. The first-order valence-electron chi connectivity index (χ1n) is 8.60. The Morgan fingerprint density at radius 1 is 1.17 bits per heavy atom. The van der Waals surface area contributed by atoms with Gasteiger partial charge in [0.05, 0.1) is 27.4 Å². The Morgan fingerprint density at radius 3 is 2.48 bits per heavy atom. The fraction of sp³-hybridized carbons (Fsp3) is 0.333. The van der Waals surface area contributed by atoms with Crippen LogP contribution in [-0.4, -0.2) is 46.1 Å². The van der Waals surface area contributed by atoms with Crippen LogP contribution in [0.3, 0.4) is 0 Å². The molecule has 1 heterocycles. The van der Waals surface area contributed by atoms with Gasteiger partial charge in [-0.3, -0.25) is 0 Å². The van der Waals surface area contributed by atoms with Crippen molar-refractivity contribution in [3.8, 4) is 0 Å². The first-order valence-corrected chi connectivity index (χ1v) is 12.7. The lowest BCUT2D eigenvalue weighted by atomic mass is 10.0. The second-order valence-electron chi connectivity index (χ2n) is 6.79. The monoisotopic (exact) mass is 509 g/mol. The van der Waals surface area contributed by atoms with Crippen LogP contribution in [0.5, 0.6) is 0 Å². The van der Waals surface area contributed by atoms with E-state index in [1.165, 1.54) is 6.07 Å². The van der Waals surface area contributed by atoms with Crippen LogP contribution in [0.15, 0.2) is 50.7 Å². The van der Waals surface area contributed by atoms with Gasteiger partial charge in [0.2, 0.25) is 0 Å². The van der Waals surface area contributed by atoms with E-state index in [0.717, 1.165) is 0 Å². The van der Waals surface area contributed by atoms with Gasteiger partial charge in [0, 0.05) is 23.1 Å². The van der Waals surface area contributed by atoms with E-state index in [2.05, 4.69) is 21.2 Å². The van der Waals surface area contributed by atoms with Crippen LogP contribution in [-0.2, 0) is 19.7 Å². The molecule has 1 aliphatic heterocycles. The van der Waals surface area contributed by atoms with Gasteiger partial charge in [-0.2, -0.15) is 0 Å². The van der Waals surface area contributed by atoms with Gasteiger partial charge in [0.25, 0.3) is 0 Å². The summed E-state index contributed by atoms with van der Waals surface area (Å²) in [5.74, 6) is -2.86. The van der Waals surface area contributed by atoms with Crippen molar-refractivity contribution >= 4 is 35.6 Å². The first-order chi connectivity index (χ1) is 13.5. The predicted octanol–water partition coefficient (Wildman–Crippen LogP) is 2.37. The molecule has 0 fully saturated rings. The topological polar surface area (TPSA) is 101 Å². The number of aliphatic hydroxyl groups excluding tert-OH is 1. The van der Waals surface area contributed by atoms with Crippen LogP contribution in [0, 0.1) is 11.6 Å². The van der Waals surface area contributed by atoms with Gasteiger partial charge in [-0.25, -0.2) is 25.6 Å². The molecule has 11 heteroatoms. The molecule has 0 amide bonds. The van der Waals surface area contributed by atoms with Crippen molar-refractivity contribution in [2.45, 2.75) is 28.4 Å². The van der Waals surface area contributed by atoms with Gasteiger partial charge in [-0.05, 0) is 42.3 Å². The molecule has 6 nitrogen and oxygen atoms in total. The number of hydrogen-bond donors (Lipinski definition) is 2. The molecular formula is C18H18BrF2NO5S2. The molecular weight excluding hydrogens is 492 g/mol. The summed E-state index contributed by atoms with van der Waals surface area (Å²) < 4.78 is 76.4. The van der Waals surface area contributed by atoms with E-state index < -0.39 is 54.1 Å². The molecule has 0 radical (unpaired) electrons. The van der Waals surface area contributed by atoms with E-state index in [0.29, 0.717) is 28.2 Å². The number of halogens is 3. The van der Waals surface area contributed by atoms with Crippen molar-refractivity contribution in [2.24, 2.45) is 0 Å². The van der Waals surface area contributed by atoms with E-state index in [4.69, 9.17) is 0 Å². The van der Waals surface area contributed by atoms with Crippen LogP contribution in [0.25, 0.3) is 0 Å². The van der Waals surface area contributed by atoms with Crippen molar-refractivity contribution in [3.05, 3.63) is 58.1 Å². The Morgan fingerprint density at radius 2 is 1.83 bits per heavy atom. The molecule has 2 atom stereocenters. The van der Waals surface area contributed by atoms with E-state index in [9.17, 15) is 30.7 Å². The van der Waals surface area contributed by atoms with Crippen molar-refractivity contribution in [2.75, 3.05) is 18.1 Å². The Kier molecular flexibility index (Phi) is 6.44. The van der Waals surface area contributed by atoms with E-state index >= 15 is 0 Å². The van der Waals surface area contributed by atoms with Gasteiger partial charge in [-0.1, -0.05) is 15.9 Å². The lowest BCUT2D eigenvalue weighted by Gasteiger charge is -2.27. The Hall–Kier alpha value is -1.40. The van der Waals surface area contributed by atoms with Crippen LogP contribution in [0.4, 0.5) is 8.78 Å². The number of rotatable bonds is 6. The van der Waals surface area contributed by atoms with Crippen LogP contribution < -0.4 is 5.32 Å². The van der Waals surface area contributed by atoms with Crippen molar-refractivity contribution in [1.82, 2.24) is 5.32 Å². The van der Waals surface area contributed by atoms with E-state index in [1.54, 1.807) is 12.1 Å². The van der Waals surface area contributed by atoms with E-state index in [1.807, 2.05) is 0 Å². The normalized spacial score (nSPS) is 19.5. The van der Waals surface area contributed by atoms with Gasteiger partial charge >= 0.3 is 0 Å². The Balaban J connectivity index is 1.71. The molecule has 0 aliphatic carbocycles. The molecule has 2 aromatic carbocycles. The fourth-order valence-electron chi connectivity index (χ4n) is 3.22. The minimum absolute atomic E-state index is 0.0732. The molecule has 2 unspecified atom stereocenters. The van der Waals surface area contributed by atoms with Crippen LogP contribution >= 0.6 is 15.9 Å². The number of aliphatic hydroxyl groups is 1. The highest BCUT2D eigenvalue weighted by Crippen LogP contribution is 2.34. The van der Waals surface area contributed by atoms with E-state index in [-0.39, 0.29) is 23.6 Å². The highest BCUT2D eigenvalue weighted by atomic mass is 79.9. The second kappa shape index (κ2) is 8.38. The Bertz CT molecular complexity index is 1120. The molecule has 0 spiro atoms. The summed E-state index contributed by atoms with van der Waals surface area (Å²) in [4.78, 5) is -0.353. The maximum absolute atomic E-state index is 13.3. The first kappa shape index (κ1) is 22.3. The predicted molar refractivity (Wildman–Crippen MR) is 106 cm³/mol. The highest BCUT2D eigenvalue weighted by Gasteiger charge is 2.31. The summed E-state index contributed by atoms with van der Waals surface area (Å²) in [5, 5.41) is 13.2. The summed E-state index contributed by atoms with van der Waals surface area (Å²) >= 11 is 3.30. The summed E-state index contributed by atoms with van der Waals surface area (Å²) in [7, 11) is -7.51. The lowest BCUT2D eigenvalue weighted by Crippen LogP contribution is -2.37. The number of benzene rings is 2. The van der Waals surface area contributed by atoms with Gasteiger partial charge < -0.3 is 10.4 Å². The molecule has 0 bridgehead atoms. The third-order valence-electron chi connectivity index (χ3n) is 4.56. The minimum Gasteiger partial charge on any atom is -0.391 e. The fourth-order valence-corrected chi connectivity index (χ4v) is 6.60. The maximum atomic E-state index is 13.3. The maximum Gasteiger partial charge on any atom is 0.181 e. The zero-order chi connectivity index (χ0) is 21.4. The molecule has 0 saturated heterocycles. The van der Waals surface area contributed by atoms with Crippen molar-refractivity contribution in [1.29, 1.82) is 0 Å². The lowest BCUT2D eigenvalue weighted by molar-refractivity contribution is 0.187. The zero-order valence-electron chi connectivity index (χ0n) is 15.0. The number of fused-ring (bicyclic) bond motifs is 1. The number of sulfone groups is 2. The summed E-state index contributed by atoms with van der Waals surface area (Å²) in [6, 6.07) is 6.35. The highest BCUT2D eigenvalue weighted by molar-refractivity contribution is 9.10. The average molecular weight is 510 g/mol. The molecule has 0 saturated carbocycles. The third-order valence-corrected chi connectivity index (χ3v) is 8.65. The van der Waals surface area contributed by atoms with Crippen LogP contribution in [0.2, 0.25) is 0 Å². The minimum atomic E-state index is -4.12. The number of hydrogen-bond acceptors (Lipinski definition) is 6. The molecule has 29 heavy (non-hydrogen) atoms. The molecule has 3 rings (SSSR count). The van der Waals surface area contributed by atoms with Crippen molar-refractivity contribution in [3.63, 3.8) is 0 Å². The quantitative estimate of drug-likeness (QED) is 0.619. The molecule has 0 aromatic heterocycles. The smallest absolute Gasteiger partial charge is 0.181 e. The number of nitrogens with one attached hydrogen (secondary N) is 1. The molecule has 1 aliphatic rings. The standard InChI is InChI=1S/C18H18BrF2NO5S2/c19-11-1-2-18-16(5-11)17(3-4-28(18,24)25)22-9-14(23)10-29(26,27)15-7-12(20)6-13(21)8-15/h1-2,5-8,14,17,22-23H,3-4,9-10H2. The van der Waals surface area contributed by atoms with Gasteiger partial charge in [-0.15, -0.1) is 0 Å². The largest absolute Gasteiger partial charge is 0.391 e. The Labute approximate surface area is 175 Å². The summed E-state index contributed by atoms with van der Waals surface area (Å²) in [6.45, 7) is -0.145.